The maximum Gasteiger partial charge on any atom is 0.270 e. The van der Waals surface area contributed by atoms with Gasteiger partial charge in [-0.3, -0.25) is 4.79 Å². The molecule has 98 valence electrons. The molecule has 0 spiro atoms. The Labute approximate surface area is 108 Å². The van der Waals surface area contributed by atoms with Crippen LogP contribution in [0.1, 0.15) is 42.2 Å². The summed E-state index contributed by atoms with van der Waals surface area (Å²) in [5.74, 6) is 0.670. The van der Waals surface area contributed by atoms with E-state index in [1.807, 2.05) is 23.2 Å². The highest BCUT2D eigenvalue weighted by Crippen LogP contribution is 2.33. The lowest BCUT2D eigenvalue weighted by molar-refractivity contribution is 0.0771. The lowest BCUT2D eigenvalue weighted by atomic mass is 9.93. The predicted molar refractivity (Wildman–Crippen MR) is 70.4 cm³/mol. The molecule has 0 bridgehead atoms. The molecule has 2 N–H and O–H groups in total. The molecule has 1 saturated carbocycles. The number of nitrogens with two attached hydrogens (primary N) is 1. The number of amides is 1. The standard InChI is InChI=1S/C14H21N3O/c15-9-11-6-8-16(10-11)14(18)13-5-2-7-17(13)12-3-1-4-12/h2,5,7,11-12H,1,3-4,6,8-10,15H2. The average molecular weight is 247 g/mol. The Morgan fingerprint density at radius 2 is 2.22 bits per heavy atom. The molecule has 0 aromatic carbocycles. The fraction of sp³-hybridized carbons (Fsp3) is 0.643. The number of carbonyl (C=O) groups excluding carboxylic acids is 1. The number of hydrogen-bond acceptors (Lipinski definition) is 2. The van der Waals surface area contributed by atoms with Gasteiger partial charge < -0.3 is 15.2 Å². The summed E-state index contributed by atoms with van der Waals surface area (Å²) in [5, 5.41) is 0. The molecule has 4 heteroatoms. The van der Waals surface area contributed by atoms with Crippen LogP contribution in [0.2, 0.25) is 0 Å². The van der Waals surface area contributed by atoms with Crippen LogP contribution in [0.3, 0.4) is 0 Å². The highest BCUT2D eigenvalue weighted by Gasteiger charge is 2.29. The number of nitrogens with zero attached hydrogens (tertiary/aromatic N) is 2. The number of likely N-dealkylation sites (tertiary alicyclic amines) is 1. The number of hydrogen-bond donors (Lipinski definition) is 1. The van der Waals surface area contributed by atoms with Crippen LogP contribution in [0.5, 0.6) is 0 Å². The van der Waals surface area contributed by atoms with Crippen molar-refractivity contribution in [3.8, 4) is 0 Å². The summed E-state index contributed by atoms with van der Waals surface area (Å²) in [6.07, 6.45) is 6.80. The van der Waals surface area contributed by atoms with Crippen molar-refractivity contribution in [1.29, 1.82) is 0 Å². The Bertz CT molecular complexity index is 436. The van der Waals surface area contributed by atoms with E-state index in [0.29, 0.717) is 18.5 Å². The zero-order valence-corrected chi connectivity index (χ0v) is 10.7. The van der Waals surface area contributed by atoms with Crippen LogP contribution in [-0.4, -0.2) is 35.0 Å². The fourth-order valence-electron chi connectivity index (χ4n) is 2.93. The lowest BCUT2D eigenvalue weighted by Gasteiger charge is -2.29. The maximum absolute atomic E-state index is 12.5. The Morgan fingerprint density at radius 1 is 1.39 bits per heavy atom. The zero-order valence-electron chi connectivity index (χ0n) is 10.7. The third-order valence-corrected chi connectivity index (χ3v) is 4.37. The van der Waals surface area contributed by atoms with Crippen LogP contribution in [0.4, 0.5) is 0 Å². The number of rotatable bonds is 3. The first-order valence-electron chi connectivity index (χ1n) is 6.96. The van der Waals surface area contributed by atoms with Gasteiger partial charge in [0.25, 0.3) is 5.91 Å². The smallest absolute Gasteiger partial charge is 0.270 e. The molecule has 1 aliphatic carbocycles. The van der Waals surface area contributed by atoms with E-state index in [-0.39, 0.29) is 5.91 Å². The second-order valence-corrected chi connectivity index (χ2v) is 5.53. The van der Waals surface area contributed by atoms with Crippen LogP contribution in [-0.2, 0) is 0 Å². The summed E-state index contributed by atoms with van der Waals surface area (Å²) in [7, 11) is 0. The Balaban J connectivity index is 1.74. The first kappa shape index (κ1) is 11.8. The zero-order chi connectivity index (χ0) is 12.5. The molecule has 0 radical (unpaired) electrons. The molecule has 1 aromatic heterocycles. The summed E-state index contributed by atoms with van der Waals surface area (Å²) in [6, 6.07) is 4.49. The lowest BCUT2D eigenvalue weighted by Crippen LogP contribution is -2.32. The quantitative estimate of drug-likeness (QED) is 0.882. The molecule has 18 heavy (non-hydrogen) atoms. The topological polar surface area (TPSA) is 51.3 Å². The van der Waals surface area contributed by atoms with E-state index in [1.54, 1.807) is 0 Å². The molecule has 1 aromatic rings. The van der Waals surface area contributed by atoms with E-state index in [2.05, 4.69) is 4.57 Å². The SMILES string of the molecule is NCC1CCN(C(=O)c2cccn2C2CCC2)C1. The molecule has 4 nitrogen and oxygen atoms in total. The summed E-state index contributed by atoms with van der Waals surface area (Å²) in [6.45, 7) is 2.37. The van der Waals surface area contributed by atoms with Gasteiger partial charge in [0.15, 0.2) is 0 Å². The molecule has 2 aliphatic rings. The molecule has 1 aliphatic heterocycles. The second-order valence-electron chi connectivity index (χ2n) is 5.53. The highest BCUT2D eigenvalue weighted by atomic mass is 16.2. The molecule has 2 heterocycles. The van der Waals surface area contributed by atoms with Crippen molar-refractivity contribution >= 4 is 5.91 Å². The van der Waals surface area contributed by atoms with Gasteiger partial charge in [-0.15, -0.1) is 0 Å². The monoisotopic (exact) mass is 247 g/mol. The van der Waals surface area contributed by atoms with Crippen LogP contribution >= 0.6 is 0 Å². The molecule has 1 unspecified atom stereocenters. The third kappa shape index (κ3) is 1.94. The average Bonchev–Trinajstić information content (AvgIpc) is 2.94. The van der Waals surface area contributed by atoms with E-state index in [9.17, 15) is 4.79 Å². The minimum Gasteiger partial charge on any atom is -0.340 e. The van der Waals surface area contributed by atoms with E-state index < -0.39 is 0 Å². The van der Waals surface area contributed by atoms with Gasteiger partial charge in [0.2, 0.25) is 0 Å². The van der Waals surface area contributed by atoms with Crippen molar-refractivity contribution in [2.24, 2.45) is 11.7 Å². The van der Waals surface area contributed by atoms with Gasteiger partial charge in [0, 0.05) is 25.3 Å². The Hall–Kier alpha value is -1.29. The summed E-state index contributed by atoms with van der Waals surface area (Å²) >= 11 is 0. The summed E-state index contributed by atoms with van der Waals surface area (Å²) < 4.78 is 2.17. The summed E-state index contributed by atoms with van der Waals surface area (Å²) in [4.78, 5) is 14.5. The van der Waals surface area contributed by atoms with Crippen molar-refractivity contribution < 1.29 is 4.79 Å². The largest absolute Gasteiger partial charge is 0.340 e. The van der Waals surface area contributed by atoms with Gasteiger partial charge in [-0.05, 0) is 50.3 Å². The van der Waals surface area contributed by atoms with Gasteiger partial charge in [0.1, 0.15) is 5.69 Å². The van der Waals surface area contributed by atoms with E-state index in [1.165, 1.54) is 19.3 Å². The maximum atomic E-state index is 12.5. The fourth-order valence-corrected chi connectivity index (χ4v) is 2.93. The van der Waals surface area contributed by atoms with Crippen LogP contribution < -0.4 is 5.73 Å². The molecular formula is C14H21N3O. The van der Waals surface area contributed by atoms with Crippen molar-refractivity contribution in [3.63, 3.8) is 0 Å². The van der Waals surface area contributed by atoms with Gasteiger partial charge in [-0.2, -0.15) is 0 Å². The van der Waals surface area contributed by atoms with Crippen molar-refractivity contribution in [3.05, 3.63) is 24.0 Å². The number of carbonyl (C=O) groups is 1. The molecule has 1 saturated heterocycles. The highest BCUT2D eigenvalue weighted by molar-refractivity contribution is 5.93. The molecule has 3 rings (SSSR count). The molecule has 1 atom stereocenters. The van der Waals surface area contributed by atoms with Crippen LogP contribution in [0, 0.1) is 5.92 Å². The van der Waals surface area contributed by atoms with Gasteiger partial charge in [0.05, 0.1) is 0 Å². The predicted octanol–water partition coefficient (Wildman–Crippen LogP) is 1.63. The van der Waals surface area contributed by atoms with Gasteiger partial charge in [-0.1, -0.05) is 0 Å². The Morgan fingerprint density at radius 3 is 2.83 bits per heavy atom. The van der Waals surface area contributed by atoms with E-state index in [4.69, 9.17) is 5.73 Å². The number of aromatic nitrogens is 1. The van der Waals surface area contributed by atoms with Crippen molar-refractivity contribution in [1.82, 2.24) is 9.47 Å². The first-order chi connectivity index (χ1) is 8.79. The summed E-state index contributed by atoms with van der Waals surface area (Å²) in [5.41, 5.74) is 6.54. The Kier molecular flexibility index (Phi) is 3.12. The molecule has 2 fully saturated rings. The van der Waals surface area contributed by atoms with Gasteiger partial charge in [-0.25, -0.2) is 0 Å². The first-order valence-corrected chi connectivity index (χ1v) is 6.96. The minimum absolute atomic E-state index is 0.183. The second kappa shape index (κ2) is 4.76. The van der Waals surface area contributed by atoms with Crippen molar-refractivity contribution in [2.45, 2.75) is 31.7 Å². The van der Waals surface area contributed by atoms with Gasteiger partial charge >= 0.3 is 0 Å². The minimum atomic E-state index is 0.183. The molecule has 1 amide bonds. The van der Waals surface area contributed by atoms with E-state index in [0.717, 1.165) is 25.2 Å². The third-order valence-electron chi connectivity index (χ3n) is 4.37. The van der Waals surface area contributed by atoms with Crippen LogP contribution in [0.15, 0.2) is 18.3 Å². The van der Waals surface area contributed by atoms with E-state index >= 15 is 0 Å². The van der Waals surface area contributed by atoms with Crippen LogP contribution in [0.25, 0.3) is 0 Å². The normalized spacial score (nSPS) is 24.3. The molecular weight excluding hydrogens is 226 g/mol. The van der Waals surface area contributed by atoms with Crippen molar-refractivity contribution in [2.75, 3.05) is 19.6 Å².